The smallest absolute Gasteiger partial charge is 0.272 e. The molecule has 1 unspecified atom stereocenters. The molecule has 0 aliphatic carbocycles. The largest absolute Gasteiger partial charge is 0.494 e. The lowest BCUT2D eigenvalue weighted by molar-refractivity contribution is -0.385. The molecular formula is C15H13BrFNO3. The van der Waals surface area contributed by atoms with Crippen LogP contribution >= 0.6 is 15.9 Å². The summed E-state index contributed by atoms with van der Waals surface area (Å²) in [6, 6.07) is 11.2. The average molecular weight is 354 g/mol. The summed E-state index contributed by atoms with van der Waals surface area (Å²) >= 11 is 3.46. The topological polar surface area (TPSA) is 52.4 Å². The lowest BCUT2D eigenvalue weighted by Crippen LogP contribution is -2.01. The van der Waals surface area contributed by atoms with Gasteiger partial charge in [0.05, 0.1) is 12.0 Å². The van der Waals surface area contributed by atoms with Gasteiger partial charge in [-0.2, -0.15) is 0 Å². The molecule has 0 aliphatic heterocycles. The van der Waals surface area contributed by atoms with E-state index in [9.17, 15) is 14.5 Å². The van der Waals surface area contributed by atoms with Crippen LogP contribution in [0.3, 0.4) is 0 Å². The third kappa shape index (κ3) is 3.58. The zero-order chi connectivity index (χ0) is 15.4. The molecule has 2 aromatic carbocycles. The van der Waals surface area contributed by atoms with Crippen LogP contribution in [0.2, 0.25) is 0 Å². The number of para-hydroxylation sites is 1. The van der Waals surface area contributed by atoms with E-state index in [1.165, 1.54) is 19.2 Å². The van der Waals surface area contributed by atoms with Crippen LogP contribution in [0.15, 0.2) is 42.5 Å². The van der Waals surface area contributed by atoms with Crippen LogP contribution in [0.4, 0.5) is 10.1 Å². The van der Waals surface area contributed by atoms with Gasteiger partial charge in [-0.3, -0.25) is 10.1 Å². The number of hydrogen-bond acceptors (Lipinski definition) is 3. The first-order chi connectivity index (χ1) is 10.0. The predicted molar refractivity (Wildman–Crippen MR) is 81.4 cm³/mol. The van der Waals surface area contributed by atoms with Crippen molar-refractivity contribution in [3.8, 4) is 5.75 Å². The zero-order valence-electron chi connectivity index (χ0n) is 11.3. The number of rotatable bonds is 5. The second kappa shape index (κ2) is 6.67. The van der Waals surface area contributed by atoms with E-state index in [-0.39, 0.29) is 16.3 Å². The number of ether oxygens (including phenoxy) is 1. The van der Waals surface area contributed by atoms with Crippen LogP contribution < -0.4 is 4.74 Å². The van der Waals surface area contributed by atoms with E-state index in [4.69, 9.17) is 4.74 Å². The number of nitro benzene ring substituents is 1. The Bertz CT molecular complexity index is 663. The highest BCUT2D eigenvalue weighted by Gasteiger charge is 2.18. The van der Waals surface area contributed by atoms with Crippen LogP contribution in [0.1, 0.15) is 16.0 Å². The van der Waals surface area contributed by atoms with Crippen molar-refractivity contribution in [2.75, 3.05) is 7.11 Å². The molecule has 0 aliphatic rings. The van der Waals surface area contributed by atoms with Crippen molar-refractivity contribution in [2.24, 2.45) is 0 Å². The van der Waals surface area contributed by atoms with Crippen molar-refractivity contribution in [2.45, 2.75) is 11.2 Å². The highest BCUT2D eigenvalue weighted by molar-refractivity contribution is 9.09. The third-order valence-corrected chi connectivity index (χ3v) is 3.98. The molecule has 0 saturated carbocycles. The van der Waals surface area contributed by atoms with E-state index in [0.717, 1.165) is 0 Å². The lowest BCUT2D eigenvalue weighted by atomic mass is 10.0. The van der Waals surface area contributed by atoms with Crippen LogP contribution in [0.25, 0.3) is 0 Å². The van der Waals surface area contributed by atoms with E-state index in [1.54, 1.807) is 30.3 Å². The summed E-state index contributed by atoms with van der Waals surface area (Å²) in [7, 11) is 1.40. The monoisotopic (exact) mass is 353 g/mol. The SMILES string of the molecule is COc1ccc(C(Br)Cc2ccccc2[N+](=O)[O-])cc1F. The maximum atomic E-state index is 13.7. The summed E-state index contributed by atoms with van der Waals surface area (Å²) in [5, 5.41) is 11.0. The minimum absolute atomic E-state index is 0.0657. The van der Waals surface area contributed by atoms with Crippen molar-refractivity contribution in [3.05, 3.63) is 69.5 Å². The fourth-order valence-electron chi connectivity index (χ4n) is 2.05. The normalized spacial score (nSPS) is 12.0. The first-order valence-electron chi connectivity index (χ1n) is 6.22. The van der Waals surface area contributed by atoms with Gasteiger partial charge in [-0.25, -0.2) is 4.39 Å². The van der Waals surface area contributed by atoms with E-state index < -0.39 is 10.7 Å². The molecule has 0 amide bonds. The van der Waals surface area contributed by atoms with Crippen molar-refractivity contribution in [3.63, 3.8) is 0 Å². The highest BCUT2D eigenvalue weighted by atomic mass is 79.9. The van der Waals surface area contributed by atoms with Gasteiger partial charge in [-0.15, -0.1) is 0 Å². The van der Waals surface area contributed by atoms with Gasteiger partial charge in [-0.05, 0) is 24.1 Å². The first-order valence-corrected chi connectivity index (χ1v) is 7.14. The number of hydrogen-bond donors (Lipinski definition) is 0. The van der Waals surface area contributed by atoms with Crippen molar-refractivity contribution in [1.82, 2.24) is 0 Å². The Morgan fingerprint density at radius 3 is 2.67 bits per heavy atom. The molecule has 0 spiro atoms. The Balaban J connectivity index is 2.24. The molecule has 110 valence electrons. The minimum atomic E-state index is -0.456. The van der Waals surface area contributed by atoms with Gasteiger partial charge >= 0.3 is 0 Å². The molecule has 1 atom stereocenters. The summed E-state index contributed by atoms with van der Waals surface area (Å²) in [6.45, 7) is 0. The molecule has 0 heterocycles. The van der Waals surface area contributed by atoms with Crippen molar-refractivity contribution >= 4 is 21.6 Å². The van der Waals surface area contributed by atoms with E-state index in [1.807, 2.05) is 0 Å². The quantitative estimate of drug-likeness (QED) is 0.454. The lowest BCUT2D eigenvalue weighted by Gasteiger charge is -2.12. The summed E-state index contributed by atoms with van der Waals surface area (Å²) in [5.41, 5.74) is 1.36. The average Bonchev–Trinajstić information content (AvgIpc) is 2.47. The highest BCUT2D eigenvalue weighted by Crippen LogP contribution is 2.32. The summed E-state index contributed by atoms with van der Waals surface area (Å²) < 4.78 is 18.6. The molecule has 0 radical (unpaired) electrons. The predicted octanol–water partition coefficient (Wildman–Crippen LogP) is 4.42. The molecule has 2 rings (SSSR count). The maximum Gasteiger partial charge on any atom is 0.272 e. The molecule has 2 aromatic rings. The molecule has 0 fully saturated rings. The van der Waals surface area contributed by atoms with E-state index >= 15 is 0 Å². The zero-order valence-corrected chi connectivity index (χ0v) is 12.8. The Morgan fingerprint density at radius 2 is 2.05 bits per heavy atom. The Kier molecular flexibility index (Phi) is 4.90. The Hall–Kier alpha value is -1.95. The summed E-state index contributed by atoms with van der Waals surface area (Å²) in [6.07, 6.45) is 0.392. The van der Waals surface area contributed by atoms with Gasteiger partial charge in [0.25, 0.3) is 5.69 Å². The second-order valence-electron chi connectivity index (χ2n) is 4.45. The summed E-state index contributed by atoms with van der Waals surface area (Å²) in [4.78, 5) is 10.4. The van der Waals surface area contributed by atoms with Crippen LogP contribution in [0.5, 0.6) is 5.75 Å². The molecule has 0 saturated heterocycles. The maximum absolute atomic E-state index is 13.7. The van der Waals surface area contributed by atoms with Crippen LogP contribution in [-0.2, 0) is 6.42 Å². The Morgan fingerprint density at radius 1 is 1.33 bits per heavy atom. The molecule has 21 heavy (non-hydrogen) atoms. The van der Waals surface area contributed by atoms with E-state index in [2.05, 4.69) is 15.9 Å². The number of nitrogens with zero attached hydrogens (tertiary/aromatic N) is 1. The molecule has 0 bridgehead atoms. The van der Waals surface area contributed by atoms with Gasteiger partial charge in [0.1, 0.15) is 0 Å². The number of nitro groups is 1. The Labute approximate surface area is 129 Å². The first kappa shape index (κ1) is 15.4. The van der Waals surface area contributed by atoms with Crippen LogP contribution in [-0.4, -0.2) is 12.0 Å². The third-order valence-electron chi connectivity index (χ3n) is 3.12. The van der Waals surface area contributed by atoms with Gasteiger partial charge < -0.3 is 4.74 Å². The molecule has 6 heteroatoms. The second-order valence-corrected chi connectivity index (χ2v) is 5.56. The number of methoxy groups -OCH3 is 1. The number of benzene rings is 2. The number of halogens is 2. The number of alkyl halides is 1. The van der Waals surface area contributed by atoms with Crippen LogP contribution in [0, 0.1) is 15.9 Å². The summed E-state index contributed by atoms with van der Waals surface area (Å²) in [5.74, 6) is -0.286. The fraction of sp³-hybridized carbons (Fsp3) is 0.200. The molecule has 0 N–H and O–H groups in total. The molecule has 0 aromatic heterocycles. The van der Waals surface area contributed by atoms with Crippen molar-refractivity contribution in [1.29, 1.82) is 0 Å². The fourth-order valence-corrected chi connectivity index (χ4v) is 2.68. The van der Waals surface area contributed by atoms with Gasteiger partial charge in [0, 0.05) is 16.5 Å². The van der Waals surface area contributed by atoms with E-state index in [0.29, 0.717) is 17.5 Å². The molecule has 4 nitrogen and oxygen atoms in total. The standard InChI is InChI=1S/C15H13BrFNO3/c1-21-15-7-6-10(9-13(15)17)12(16)8-11-4-2-3-5-14(11)18(19)20/h2-7,9,12H,8H2,1H3. The van der Waals surface area contributed by atoms with Crippen molar-refractivity contribution < 1.29 is 14.1 Å². The van der Waals surface area contributed by atoms with Gasteiger partial charge in [0.15, 0.2) is 11.6 Å². The van der Waals surface area contributed by atoms with Gasteiger partial charge in [0.2, 0.25) is 0 Å². The molecular weight excluding hydrogens is 341 g/mol. The van der Waals surface area contributed by atoms with Gasteiger partial charge in [-0.1, -0.05) is 40.2 Å². The minimum Gasteiger partial charge on any atom is -0.494 e.